The van der Waals surface area contributed by atoms with Crippen LogP contribution in [0, 0.1) is 16.3 Å². The van der Waals surface area contributed by atoms with Gasteiger partial charge in [-0.25, -0.2) is 4.39 Å². The summed E-state index contributed by atoms with van der Waals surface area (Å²) in [6, 6.07) is 10.8. The van der Waals surface area contributed by atoms with Crippen LogP contribution in [-0.2, 0) is 0 Å². The molecule has 100 valence electrons. The molecule has 2 aromatic carbocycles. The lowest BCUT2D eigenvalue weighted by Gasteiger charge is -2.19. The first-order valence-corrected chi connectivity index (χ1v) is 7.37. The smallest absolute Gasteiger partial charge is 0.124 e. The molecule has 0 bridgehead atoms. The summed E-state index contributed by atoms with van der Waals surface area (Å²) in [5.74, 6) is -0.218. The molecule has 0 fully saturated rings. The van der Waals surface area contributed by atoms with E-state index in [9.17, 15) is 4.39 Å². The summed E-state index contributed by atoms with van der Waals surface area (Å²) < 4.78 is 14.1. The third kappa shape index (κ3) is 3.27. The normalized spacial score (nSPS) is 12.5. The van der Waals surface area contributed by atoms with Gasteiger partial charge in [0.2, 0.25) is 0 Å². The zero-order valence-electron chi connectivity index (χ0n) is 10.7. The first-order valence-electron chi connectivity index (χ1n) is 5.91. The van der Waals surface area contributed by atoms with E-state index in [4.69, 9.17) is 11.6 Å². The highest BCUT2D eigenvalue weighted by molar-refractivity contribution is 14.1. The zero-order valence-corrected chi connectivity index (χ0v) is 13.6. The van der Waals surface area contributed by atoms with E-state index >= 15 is 0 Å². The Balaban J connectivity index is 2.46. The second-order valence-corrected chi connectivity index (χ2v) is 5.97. The monoisotopic (exact) mass is 389 g/mol. The first-order chi connectivity index (χ1) is 9.02. The van der Waals surface area contributed by atoms with Crippen LogP contribution in [0.3, 0.4) is 0 Å². The minimum absolute atomic E-state index is 0.00519. The molecule has 0 heterocycles. The lowest BCUT2D eigenvalue weighted by molar-refractivity contribution is 0.621. The van der Waals surface area contributed by atoms with E-state index < -0.39 is 0 Å². The predicted molar refractivity (Wildman–Crippen MR) is 86.2 cm³/mol. The highest BCUT2D eigenvalue weighted by Gasteiger charge is 2.16. The largest absolute Gasteiger partial charge is 0.309 e. The molecular formula is C15H14ClFIN. The summed E-state index contributed by atoms with van der Waals surface area (Å²) in [4.78, 5) is 0. The molecule has 19 heavy (non-hydrogen) atoms. The molecule has 0 aromatic heterocycles. The molecule has 2 rings (SSSR count). The zero-order chi connectivity index (χ0) is 14.0. The molecule has 0 radical (unpaired) electrons. The van der Waals surface area contributed by atoms with Crippen LogP contribution in [-0.4, -0.2) is 7.05 Å². The Morgan fingerprint density at radius 3 is 2.53 bits per heavy atom. The van der Waals surface area contributed by atoms with Crippen molar-refractivity contribution in [2.24, 2.45) is 0 Å². The summed E-state index contributed by atoms with van der Waals surface area (Å²) in [6.45, 7) is 1.97. The molecule has 0 saturated heterocycles. The van der Waals surface area contributed by atoms with Crippen LogP contribution in [0.15, 0.2) is 36.4 Å². The maximum Gasteiger partial charge on any atom is 0.124 e. The van der Waals surface area contributed by atoms with Crippen LogP contribution < -0.4 is 5.32 Å². The van der Waals surface area contributed by atoms with E-state index in [1.807, 2.05) is 38.2 Å². The van der Waals surface area contributed by atoms with Crippen molar-refractivity contribution in [3.05, 3.63) is 67.5 Å². The van der Waals surface area contributed by atoms with E-state index in [1.165, 1.54) is 12.1 Å². The van der Waals surface area contributed by atoms with Crippen LogP contribution in [0.2, 0.25) is 5.02 Å². The highest BCUT2D eigenvalue weighted by atomic mass is 127. The molecule has 0 aliphatic rings. The molecule has 2 aromatic rings. The van der Waals surface area contributed by atoms with Gasteiger partial charge in [0, 0.05) is 8.59 Å². The van der Waals surface area contributed by atoms with Crippen LogP contribution >= 0.6 is 34.2 Å². The summed E-state index contributed by atoms with van der Waals surface area (Å²) >= 11 is 8.33. The number of nitrogens with one attached hydrogen (secondary N) is 1. The molecule has 0 spiro atoms. The minimum Gasteiger partial charge on any atom is -0.309 e. The molecule has 0 aliphatic carbocycles. The molecule has 1 atom stereocenters. The Morgan fingerprint density at radius 2 is 1.95 bits per heavy atom. The van der Waals surface area contributed by atoms with Gasteiger partial charge in [0.25, 0.3) is 0 Å². The van der Waals surface area contributed by atoms with Crippen molar-refractivity contribution in [1.82, 2.24) is 5.32 Å². The standard InChI is InChI=1S/C15H14ClFIN/c1-9-3-4-10(7-13(9)16)15(19-2)12-6-5-11(17)8-14(12)18/h3-8,15,19H,1-2H3. The Bertz CT molecular complexity index is 601. The van der Waals surface area contributed by atoms with Gasteiger partial charge in [0.1, 0.15) is 5.82 Å². The van der Waals surface area contributed by atoms with E-state index in [0.29, 0.717) is 0 Å². The SMILES string of the molecule is CNC(c1ccc(C)c(Cl)c1)c1ccc(F)cc1I. The van der Waals surface area contributed by atoms with Crippen LogP contribution in [0.4, 0.5) is 4.39 Å². The van der Waals surface area contributed by atoms with Gasteiger partial charge in [-0.3, -0.25) is 0 Å². The van der Waals surface area contributed by atoms with Gasteiger partial charge in [-0.05, 0) is 71.5 Å². The van der Waals surface area contributed by atoms with Crippen molar-refractivity contribution >= 4 is 34.2 Å². The topological polar surface area (TPSA) is 12.0 Å². The molecule has 0 amide bonds. The predicted octanol–water partition coefficient (Wildman–Crippen LogP) is 4.70. The fraction of sp³-hybridized carbons (Fsp3) is 0.200. The van der Waals surface area contributed by atoms with Crippen molar-refractivity contribution in [2.75, 3.05) is 7.05 Å². The molecule has 1 N–H and O–H groups in total. The minimum atomic E-state index is -0.218. The van der Waals surface area contributed by atoms with Gasteiger partial charge in [0.05, 0.1) is 6.04 Å². The number of halogens is 3. The van der Waals surface area contributed by atoms with E-state index in [1.54, 1.807) is 0 Å². The molecule has 1 unspecified atom stereocenters. The number of hydrogen-bond acceptors (Lipinski definition) is 1. The van der Waals surface area contributed by atoms with Crippen molar-refractivity contribution < 1.29 is 4.39 Å². The Labute approximate surface area is 131 Å². The van der Waals surface area contributed by atoms with Crippen molar-refractivity contribution in [3.8, 4) is 0 Å². The summed E-state index contributed by atoms with van der Waals surface area (Å²) in [5.41, 5.74) is 3.17. The lowest BCUT2D eigenvalue weighted by Crippen LogP contribution is -2.18. The quantitative estimate of drug-likeness (QED) is 0.750. The summed E-state index contributed by atoms with van der Waals surface area (Å²) in [7, 11) is 1.89. The van der Waals surface area contributed by atoms with Gasteiger partial charge in [-0.2, -0.15) is 0 Å². The fourth-order valence-electron chi connectivity index (χ4n) is 2.03. The second-order valence-electron chi connectivity index (χ2n) is 4.40. The maximum atomic E-state index is 13.2. The fourth-order valence-corrected chi connectivity index (χ4v) is 3.00. The van der Waals surface area contributed by atoms with Crippen LogP contribution in [0.25, 0.3) is 0 Å². The number of aryl methyl sites for hydroxylation is 1. The summed E-state index contributed by atoms with van der Waals surface area (Å²) in [5, 5.41) is 4.00. The average molecular weight is 390 g/mol. The van der Waals surface area contributed by atoms with Crippen molar-refractivity contribution in [3.63, 3.8) is 0 Å². The maximum absolute atomic E-state index is 13.2. The Kier molecular flexibility index (Phi) is 4.81. The van der Waals surface area contributed by atoms with Crippen LogP contribution in [0.5, 0.6) is 0 Å². The highest BCUT2D eigenvalue weighted by Crippen LogP contribution is 2.29. The number of benzene rings is 2. The van der Waals surface area contributed by atoms with Gasteiger partial charge >= 0.3 is 0 Å². The lowest BCUT2D eigenvalue weighted by atomic mass is 9.98. The molecular weight excluding hydrogens is 376 g/mol. The third-order valence-electron chi connectivity index (χ3n) is 3.09. The Hall–Kier alpha value is -0.650. The van der Waals surface area contributed by atoms with Gasteiger partial charge in [-0.15, -0.1) is 0 Å². The number of hydrogen-bond donors (Lipinski definition) is 1. The summed E-state index contributed by atoms with van der Waals surface area (Å²) in [6.07, 6.45) is 0. The van der Waals surface area contributed by atoms with E-state index in [-0.39, 0.29) is 11.9 Å². The Morgan fingerprint density at radius 1 is 1.21 bits per heavy atom. The first kappa shape index (κ1) is 14.8. The number of rotatable bonds is 3. The van der Waals surface area contributed by atoms with E-state index in [2.05, 4.69) is 27.9 Å². The molecule has 1 nitrogen and oxygen atoms in total. The van der Waals surface area contributed by atoms with Gasteiger partial charge in [-0.1, -0.05) is 29.8 Å². The van der Waals surface area contributed by atoms with E-state index in [0.717, 1.165) is 25.3 Å². The van der Waals surface area contributed by atoms with Crippen molar-refractivity contribution in [2.45, 2.75) is 13.0 Å². The third-order valence-corrected chi connectivity index (χ3v) is 4.43. The average Bonchev–Trinajstić information content (AvgIpc) is 2.37. The molecule has 0 saturated carbocycles. The van der Waals surface area contributed by atoms with Gasteiger partial charge in [0.15, 0.2) is 0 Å². The molecule has 0 aliphatic heterocycles. The van der Waals surface area contributed by atoms with Crippen LogP contribution in [0.1, 0.15) is 22.7 Å². The second kappa shape index (κ2) is 6.20. The van der Waals surface area contributed by atoms with Crippen molar-refractivity contribution in [1.29, 1.82) is 0 Å². The van der Waals surface area contributed by atoms with Gasteiger partial charge < -0.3 is 5.32 Å². The molecule has 4 heteroatoms.